The molecular formula is C13H25NO4S. The number of esters is 1. The van der Waals surface area contributed by atoms with E-state index in [1.54, 1.807) is 0 Å². The van der Waals surface area contributed by atoms with Gasteiger partial charge in [0.25, 0.3) is 0 Å². The molecule has 0 saturated heterocycles. The number of rotatable bonds is 8. The van der Waals surface area contributed by atoms with Gasteiger partial charge in [0, 0.05) is 13.0 Å². The van der Waals surface area contributed by atoms with Gasteiger partial charge in [0.2, 0.25) is 10.0 Å². The maximum Gasteiger partial charge on any atom is 0.305 e. The van der Waals surface area contributed by atoms with Crippen LogP contribution in [0, 0.1) is 5.92 Å². The van der Waals surface area contributed by atoms with Gasteiger partial charge in [0.1, 0.15) is 0 Å². The lowest BCUT2D eigenvalue weighted by Gasteiger charge is -2.21. The molecule has 1 fully saturated rings. The molecule has 0 radical (unpaired) electrons. The molecule has 19 heavy (non-hydrogen) atoms. The van der Waals surface area contributed by atoms with E-state index in [0.717, 1.165) is 25.7 Å². The zero-order chi connectivity index (χ0) is 14.1. The van der Waals surface area contributed by atoms with Crippen LogP contribution in [-0.2, 0) is 19.6 Å². The Kier molecular flexibility index (Phi) is 7.38. The molecule has 0 amide bonds. The minimum absolute atomic E-state index is 0.245. The summed E-state index contributed by atoms with van der Waals surface area (Å²) < 4.78 is 30.8. The molecule has 1 saturated carbocycles. The van der Waals surface area contributed by atoms with Gasteiger partial charge in [-0.3, -0.25) is 4.79 Å². The summed E-state index contributed by atoms with van der Waals surface area (Å²) in [6, 6.07) is 0. The molecule has 0 heterocycles. The summed E-state index contributed by atoms with van der Waals surface area (Å²) in [5.41, 5.74) is 0. The molecule has 0 aromatic carbocycles. The standard InChI is InChI=1S/C13H25NO4S/c1-18-13(15)9-5-6-10-14-19(16,17)11-12-7-3-2-4-8-12/h12,14H,2-11H2,1H3. The maximum absolute atomic E-state index is 11.8. The van der Waals surface area contributed by atoms with Crippen LogP contribution >= 0.6 is 0 Å². The molecule has 1 aliphatic rings. The van der Waals surface area contributed by atoms with Crippen molar-refractivity contribution in [1.29, 1.82) is 0 Å². The number of unbranched alkanes of at least 4 members (excludes halogenated alkanes) is 1. The van der Waals surface area contributed by atoms with E-state index < -0.39 is 10.0 Å². The largest absolute Gasteiger partial charge is 0.469 e. The molecule has 1 aliphatic carbocycles. The van der Waals surface area contributed by atoms with Gasteiger partial charge >= 0.3 is 5.97 Å². The highest BCUT2D eigenvalue weighted by Crippen LogP contribution is 2.24. The number of hydrogen-bond acceptors (Lipinski definition) is 4. The molecule has 0 atom stereocenters. The van der Waals surface area contributed by atoms with Crippen LogP contribution in [0.2, 0.25) is 0 Å². The quantitative estimate of drug-likeness (QED) is 0.547. The third kappa shape index (κ3) is 7.52. The topological polar surface area (TPSA) is 72.5 Å². The van der Waals surface area contributed by atoms with Crippen molar-refractivity contribution in [2.45, 2.75) is 51.4 Å². The Morgan fingerprint density at radius 1 is 1.21 bits per heavy atom. The molecule has 0 aromatic rings. The number of methoxy groups -OCH3 is 1. The van der Waals surface area contributed by atoms with Crippen molar-refractivity contribution in [2.75, 3.05) is 19.4 Å². The predicted molar refractivity (Wildman–Crippen MR) is 74.2 cm³/mol. The van der Waals surface area contributed by atoms with Gasteiger partial charge in [-0.05, 0) is 31.6 Å². The maximum atomic E-state index is 11.8. The second kappa shape index (κ2) is 8.53. The Labute approximate surface area is 116 Å². The highest BCUT2D eigenvalue weighted by molar-refractivity contribution is 7.89. The first-order chi connectivity index (χ1) is 9.03. The van der Waals surface area contributed by atoms with Crippen molar-refractivity contribution in [1.82, 2.24) is 4.72 Å². The van der Waals surface area contributed by atoms with E-state index in [1.807, 2.05) is 0 Å². The van der Waals surface area contributed by atoms with E-state index in [2.05, 4.69) is 9.46 Å². The lowest BCUT2D eigenvalue weighted by atomic mass is 9.91. The number of carbonyl (C=O) groups is 1. The molecule has 112 valence electrons. The first-order valence-corrected chi connectivity index (χ1v) is 8.73. The Morgan fingerprint density at radius 2 is 1.89 bits per heavy atom. The van der Waals surface area contributed by atoms with Gasteiger partial charge < -0.3 is 4.74 Å². The Bertz CT molecular complexity index is 361. The molecule has 1 rings (SSSR count). The normalized spacial score (nSPS) is 17.3. The summed E-state index contributed by atoms with van der Waals surface area (Å²) in [6.07, 6.45) is 7.26. The second-order valence-corrected chi connectivity index (χ2v) is 7.06. The summed E-state index contributed by atoms with van der Waals surface area (Å²) in [6.45, 7) is 0.409. The predicted octanol–water partition coefficient (Wildman–Crippen LogP) is 1.83. The first kappa shape index (κ1) is 16.4. The molecule has 0 aromatic heterocycles. The van der Waals surface area contributed by atoms with Crippen molar-refractivity contribution in [3.63, 3.8) is 0 Å². The van der Waals surface area contributed by atoms with Crippen LogP contribution in [0.4, 0.5) is 0 Å². The van der Waals surface area contributed by atoms with Crippen LogP contribution in [0.3, 0.4) is 0 Å². The van der Waals surface area contributed by atoms with Crippen LogP contribution in [0.15, 0.2) is 0 Å². The number of nitrogens with one attached hydrogen (secondary N) is 1. The van der Waals surface area contributed by atoms with Crippen molar-refractivity contribution in [3.05, 3.63) is 0 Å². The van der Waals surface area contributed by atoms with Gasteiger partial charge in [0.15, 0.2) is 0 Å². The van der Waals surface area contributed by atoms with E-state index in [9.17, 15) is 13.2 Å². The summed E-state index contributed by atoms with van der Waals surface area (Å²) >= 11 is 0. The van der Waals surface area contributed by atoms with Gasteiger partial charge in [-0.25, -0.2) is 13.1 Å². The molecule has 0 aliphatic heterocycles. The molecule has 0 bridgehead atoms. The zero-order valence-electron chi connectivity index (χ0n) is 11.7. The van der Waals surface area contributed by atoms with Crippen LogP contribution in [0.1, 0.15) is 51.4 Å². The van der Waals surface area contributed by atoms with E-state index in [1.165, 1.54) is 13.5 Å². The lowest BCUT2D eigenvalue weighted by Crippen LogP contribution is -2.31. The molecule has 0 spiro atoms. The van der Waals surface area contributed by atoms with E-state index >= 15 is 0 Å². The molecule has 6 heteroatoms. The van der Waals surface area contributed by atoms with E-state index in [0.29, 0.717) is 31.7 Å². The minimum atomic E-state index is -3.15. The van der Waals surface area contributed by atoms with Crippen molar-refractivity contribution >= 4 is 16.0 Å². The third-order valence-electron chi connectivity index (χ3n) is 3.54. The van der Waals surface area contributed by atoms with Crippen LogP contribution in [-0.4, -0.2) is 33.8 Å². The van der Waals surface area contributed by atoms with Crippen molar-refractivity contribution in [3.8, 4) is 0 Å². The first-order valence-electron chi connectivity index (χ1n) is 7.07. The monoisotopic (exact) mass is 291 g/mol. The van der Waals surface area contributed by atoms with Crippen molar-refractivity contribution < 1.29 is 17.9 Å². The average Bonchev–Trinajstić information content (AvgIpc) is 2.38. The highest BCUT2D eigenvalue weighted by atomic mass is 32.2. The summed E-state index contributed by atoms with van der Waals surface area (Å²) in [7, 11) is -1.80. The minimum Gasteiger partial charge on any atom is -0.469 e. The lowest BCUT2D eigenvalue weighted by molar-refractivity contribution is -0.140. The molecule has 1 N–H and O–H groups in total. The summed E-state index contributed by atoms with van der Waals surface area (Å²) in [5, 5.41) is 0. The number of hydrogen-bond donors (Lipinski definition) is 1. The van der Waals surface area contributed by atoms with E-state index in [4.69, 9.17) is 0 Å². The summed E-state index contributed by atoms with van der Waals surface area (Å²) in [4.78, 5) is 10.9. The van der Waals surface area contributed by atoms with Gasteiger partial charge in [-0.15, -0.1) is 0 Å². The third-order valence-corrected chi connectivity index (χ3v) is 5.09. The van der Waals surface area contributed by atoms with Crippen LogP contribution < -0.4 is 4.72 Å². The van der Waals surface area contributed by atoms with E-state index in [-0.39, 0.29) is 11.7 Å². The Balaban J connectivity index is 2.14. The van der Waals surface area contributed by atoms with Crippen molar-refractivity contribution in [2.24, 2.45) is 5.92 Å². The SMILES string of the molecule is COC(=O)CCCCNS(=O)(=O)CC1CCCCC1. The number of carbonyl (C=O) groups excluding carboxylic acids is 1. The van der Waals surface area contributed by atoms with Gasteiger partial charge in [0.05, 0.1) is 12.9 Å². The molecule has 0 unspecified atom stereocenters. The highest BCUT2D eigenvalue weighted by Gasteiger charge is 2.20. The smallest absolute Gasteiger partial charge is 0.305 e. The Morgan fingerprint density at radius 3 is 2.53 bits per heavy atom. The molecule has 5 nitrogen and oxygen atoms in total. The number of sulfonamides is 1. The summed E-state index contributed by atoms with van der Waals surface area (Å²) in [5.74, 6) is 0.329. The fourth-order valence-electron chi connectivity index (χ4n) is 2.45. The van der Waals surface area contributed by atoms with Gasteiger partial charge in [-0.2, -0.15) is 0 Å². The fourth-order valence-corrected chi connectivity index (χ4v) is 3.97. The van der Waals surface area contributed by atoms with Crippen LogP contribution in [0.5, 0.6) is 0 Å². The average molecular weight is 291 g/mol. The number of ether oxygens (including phenoxy) is 1. The van der Waals surface area contributed by atoms with Gasteiger partial charge in [-0.1, -0.05) is 19.3 Å². The Hall–Kier alpha value is -0.620. The molecular weight excluding hydrogens is 266 g/mol. The zero-order valence-corrected chi connectivity index (χ0v) is 12.5. The van der Waals surface area contributed by atoms with Crippen LogP contribution in [0.25, 0.3) is 0 Å². The second-order valence-electron chi connectivity index (χ2n) is 5.21. The fraction of sp³-hybridized carbons (Fsp3) is 0.923.